The zero-order valence-corrected chi connectivity index (χ0v) is 10.2. The predicted octanol–water partition coefficient (Wildman–Crippen LogP) is 3.62. The average Bonchev–Trinajstić information content (AvgIpc) is 2.76. The van der Waals surface area contributed by atoms with E-state index in [-0.39, 0.29) is 0 Å². The number of hydrogen-bond donors (Lipinski definition) is 1. The Balaban J connectivity index is 2.02. The Labute approximate surface area is 105 Å². The van der Waals surface area contributed by atoms with Crippen molar-refractivity contribution in [1.29, 1.82) is 0 Å². The van der Waals surface area contributed by atoms with Gasteiger partial charge in [0.05, 0.1) is 5.56 Å². The lowest BCUT2D eigenvalue weighted by Crippen LogP contribution is -2.20. The highest BCUT2D eigenvalue weighted by Crippen LogP contribution is 2.34. The van der Waals surface area contributed by atoms with E-state index in [1.807, 2.05) is 0 Å². The van der Waals surface area contributed by atoms with Gasteiger partial charge in [0, 0.05) is 0 Å². The van der Waals surface area contributed by atoms with Crippen molar-refractivity contribution in [3.8, 4) is 0 Å². The van der Waals surface area contributed by atoms with E-state index in [0.717, 1.165) is 24.8 Å². The molecule has 0 heterocycles. The SMILES string of the molecule is NCC1CCCC1Cc1ccc(C(F)(F)F)cc1. The van der Waals surface area contributed by atoms with Gasteiger partial charge in [-0.05, 0) is 55.3 Å². The van der Waals surface area contributed by atoms with Gasteiger partial charge in [0.1, 0.15) is 0 Å². The highest BCUT2D eigenvalue weighted by Gasteiger charge is 2.30. The second-order valence-electron chi connectivity index (χ2n) is 5.09. The minimum absolute atomic E-state index is 0.534. The molecule has 0 bridgehead atoms. The smallest absolute Gasteiger partial charge is 0.330 e. The fourth-order valence-electron chi connectivity index (χ4n) is 2.83. The highest BCUT2D eigenvalue weighted by molar-refractivity contribution is 5.25. The van der Waals surface area contributed by atoms with Crippen LogP contribution in [-0.2, 0) is 12.6 Å². The van der Waals surface area contributed by atoms with Crippen LogP contribution in [0, 0.1) is 11.8 Å². The molecule has 1 fully saturated rings. The van der Waals surface area contributed by atoms with Crippen molar-refractivity contribution in [1.82, 2.24) is 0 Å². The maximum Gasteiger partial charge on any atom is 0.416 e. The Morgan fingerprint density at radius 3 is 2.22 bits per heavy atom. The molecule has 1 aliphatic rings. The topological polar surface area (TPSA) is 26.0 Å². The van der Waals surface area contributed by atoms with Gasteiger partial charge in [-0.15, -0.1) is 0 Å². The van der Waals surface area contributed by atoms with E-state index < -0.39 is 11.7 Å². The zero-order chi connectivity index (χ0) is 13.2. The Bertz CT molecular complexity index is 383. The fourth-order valence-corrected chi connectivity index (χ4v) is 2.83. The lowest BCUT2D eigenvalue weighted by Gasteiger charge is -2.18. The molecular formula is C14H18F3N. The second kappa shape index (κ2) is 5.31. The van der Waals surface area contributed by atoms with Gasteiger partial charge in [0.2, 0.25) is 0 Å². The van der Waals surface area contributed by atoms with Gasteiger partial charge in [0.25, 0.3) is 0 Å². The van der Waals surface area contributed by atoms with Gasteiger partial charge in [-0.25, -0.2) is 0 Å². The van der Waals surface area contributed by atoms with Gasteiger partial charge in [-0.1, -0.05) is 18.6 Å². The molecule has 18 heavy (non-hydrogen) atoms. The molecule has 2 rings (SSSR count). The quantitative estimate of drug-likeness (QED) is 0.879. The Hall–Kier alpha value is -1.03. The minimum atomic E-state index is -4.24. The molecular weight excluding hydrogens is 239 g/mol. The molecule has 1 aliphatic carbocycles. The largest absolute Gasteiger partial charge is 0.416 e. The molecule has 0 spiro atoms. The molecule has 4 heteroatoms. The van der Waals surface area contributed by atoms with Crippen LogP contribution in [0.4, 0.5) is 13.2 Å². The second-order valence-corrected chi connectivity index (χ2v) is 5.09. The summed E-state index contributed by atoms with van der Waals surface area (Å²) in [6, 6.07) is 5.52. The number of alkyl halides is 3. The van der Waals surface area contributed by atoms with Crippen molar-refractivity contribution in [2.24, 2.45) is 17.6 Å². The molecule has 0 radical (unpaired) electrons. The van der Waals surface area contributed by atoms with Gasteiger partial charge in [-0.3, -0.25) is 0 Å². The Morgan fingerprint density at radius 2 is 1.67 bits per heavy atom. The molecule has 1 aromatic rings. The van der Waals surface area contributed by atoms with E-state index in [9.17, 15) is 13.2 Å². The molecule has 2 atom stereocenters. The third-order valence-corrected chi connectivity index (χ3v) is 3.90. The van der Waals surface area contributed by atoms with Crippen molar-refractivity contribution < 1.29 is 13.2 Å². The first kappa shape index (κ1) is 13.4. The van der Waals surface area contributed by atoms with Crippen LogP contribution in [0.25, 0.3) is 0 Å². The van der Waals surface area contributed by atoms with Crippen molar-refractivity contribution >= 4 is 0 Å². The summed E-state index contributed by atoms with van der Waals surface area (Å²) in [4.78, 5) is 0. The van der Waals surface area contributed by atoms with E-state index in [1.165, 1.54) is 18.6 Å². The van der Waals surface area contributed by atoms with Gasteiger partial charge < -0.3 is 5.73 Å². The summed E-state index contributed by atoms with van der Waals surface area (Å²) in [6.07, 6.45) is 0.0868. The van der Waals surface area contributed by atoms with Gasteiger partial charge in [-0.2, -0.15) is 13.2 Å². The van der Waals surface area contributed by atoms with E-state index >= 15 is 0 Å². The van der Waals surface area contributed by atoms with Crippen molar-refractivity contribution in [2.45, 2.75) is 31.9 Å². The Kier molecular flexibility index (Phi) is 3.95. The van der Waals surface area contributed by atoms with E-state index in [4.69, 9.17) is 5.73 Å². The third-order valence-electron chi connectivity index (χ3n) is 3.90. The highest BCUT2D eigenvalue weighted by atomic mass is 19.4. The molecule has 1 nitrogen and oxygen atoms in total. The van der Waals surface area contributed by atoms with E-state index in [1.54, 1.807) is 12.1 Å². The van der Waals surface area contributed by atoms with E-state index in [0.29, 0.717) is 18.4 Å². The van der Waals surface area contributed by atoms with Crippen LogP contribution in [0.5, 0.6) is 0 Å². The normalized spacial score (nSPS) is 24.4. The lowest BCUT2D eigenvalue weighted by molar-refractivity contribution is -0.137. The number of hydrogen-bond acceptors (Lipinski definition) is 1. The summed E-state index contributed by atoms with van der Waals surface area (Å²) in [5.74, 6) is 1.07. The molecule has 100 valence electrons. The molecule has 2 N–H and O–H groups in total. The maximum absolute atomic E-state index is 12.4. The van der Waals surface area contributed by atoms with Crippen LogP contribution in [0.2, 0.25) is 0 Å². The van der Waals surface area contributed by atoms with Crippen LogP contribution in [0.3, 0.4) is 0 Å². The van der Waals surface area contributed by atoms with Crippen molar-refractivity contribution in [3.05, 3.63) is 35.4 Å². The summed E-state index contributed by atoms with van der Waals surface area (Å²) in [5.41, 5.74) is 6.11. The number of rotatable bonds is 3. The summed E-state index contributed by atoms with van der Waals surface area (Å²) < 4.78 is 37.3. The minimum Gasteiger partial charge on any atom is -0.330 e. The molecule has 2 unspecified atom stereocenters. The molecule has 0 amide bonds. The van der Waals surface area contributed by atoms with Gasteiger partial charge in [0.15, 0.2) is 0 Å². The van der Waals surface area contributed by atoms with E-state index in [2.05, 4.69) is 0 Å². The van der Waals surface area contributed by atoms with Crippen molar-refractivity contribution in [2.75, 3.05) is 6.54 Å². The Morgan fingerprint density at radius 1 is 1.06 bits per heavy atom. The fraction of sp³-hybridized carbons (Fsp3) is 0.571. The predicted molar refractivity (Wildman–Crippen MR) is 65.0 cm³/mol. The average molecular weight is 257 g/mol. The molecule has 0 aromatic heterocycles. The summed E-state index contributed by atoms with van der Waals surface area (Å²) in [6.45, 7) is 0.686. The van der Waals surface area contributed by atoms with Crippen LogP contribution in [0.1, 0.15) is 30.4 Å². The number of benzene rings is 1. The summed E-state index contributed by atoms with van der Waals surface area (Å²) in [5, 5.41) is 0. The lowest BCUT2D eigenvalue weighted by atomic mass is 9.89. The third kappa shape index (κ3) is 3.05. The zero-order valence-electron chi connectivity index (χ0n) is 10.2. The number of halogens is 3. The first-order chi connectivity index (χ1) is 8.50. The van der Waals surface area contributed by atoms with Crippen LogP contribution in [-0.4, -0.2) is 6.54 Å². The number of nitrogens with two attached hydrogens (primary N) is 1. The standard InChI is InChI=1S/C14H18F3N/c15-14(16,17)13-6-4-10(5-7-13)8-11-2-1-3-12(11)9-18/h4-7,11-12H,1-3,8-9,18H2. The maximum atomic E-state index is 12.4. The monoisotopic (exact) mass is 257 g/mol. The van der Waals surface area contributed by atoms with Crippen LogP contribution in [0.15, 0.2) is 24.3 Å². The first-order valence-corrected chi connectivity index (χ1v) is 6.37. The molecule has 1 saturated carbocycles. The summed E-state index contributed by atoms with van der Waals surface area (Å²) in [7, 11) is 0. The van der Waals surface area contributed by atoms with Gasteiger partial charge >= 0.3 is 6.18 Å². The van der Waals surface area contributed by atoms with Crippen LogP contribution < -0.4 is 5.73 Å². The van der Waals surface area contributed by atoms with Crippen LogP contribution >= 0.6 is 0 Å². The summed E-state index contributed by atoms with van der Waals surface area (Å²) >= 11 is 0. The molecule has 1 aromatic carbocycles. The molecule has 0 aliphatic heterocycles. The molecule has 0 saturated heterocycles. The van der Waals surface area contributed by atoms with Crippen molar-refractivity contribution in [3.63, 3.8) is 0 Å². The first-order valence-electron chi connectivity index (χ1n) is 6.37.